The maximum atomic E-state index is 12.7. The summed E-state index contributed by atoms with van der Waals surface area (Å²) in [5.74, 6) is 0. The zero-order chi connectivity index (χ0) is 19.4. The number of benzene rings is 1. The van der Waals surface area contributed by atoms with E-state index in [1.165, 1.54) is 16.4 Å². The van der Waals surface area contributed by atoms with Crippen molar-refractivity contribution in [2.24, 2.45) is 0 Å². The van der Waals surface area contributed by atoms with Gasteiger partial charge in [0.1, 0.15) is 5.60 Å². The molecule has 1 heterocycles. The highest BCUT2D eigenvalue weighted by Gasteiger charge is 2.30. The maximum absolute atomic E-state index is 12.7. The van der Waals surface area contributed by atoms with Gasteiger partial charge in [-0.1, -0.05) is 12.1 Å². The molecule has 0 spiro atoms. The average molecular weight is 379 g/mol. The standard InChI is InChI=1S/C18H25N3O4S/c1-18(2,3)25-17(22)20-15-9-12-21(13-10-15)26(23,24)16-6-4-14(5-7-16)8-11-19/h4-7,15H,8-10,12-13H2,1-3H3,(H,20,22). The number of nitriles is 1. The van der Waals surface area contributed by atoms with E-state index in [9.17, 15) is 13.2 Å². The third-order valence-electron chi connectivity index (χ3n) is 4.02. The van der Waals surface area contributed by atoms with Crippen LogP contribution in [0.5, 0.6) is 0 Å². The second-order valence-electron chi connectivity index (χ2n) is 7.30. The topological polar surface area (TPSA) is 99.5 Å². The number of hydrogen-bond donors (Lipinski definition) is 1. The molecule has 1 aromatic carbocycles. The Bertz CT molecular complexity index is 768. The van der Waals surface area contributed by atoms with E-state index in [4.69, 9.17) is 10.00 Å². The van der Waals surface area contributed by atoms with E-state index in [1.54, 1.807) is 32.9 Å². The van der Waals surface area contributed by atoms with E-state index in [1.807, 2.05) is 6.07 Å². The quantitative estimate of drug-likeness (QED) is 0.866. The van der Waals surface area contributed by atoms with Crippen LogP contribution < -0.4 is 5.32 Å². The van der Waals surface area contributed by atoms with Gasteiger partial charge in [0.25, 0.3) is 0 Å². The lowest BCUT2D eigenvalue weighted by molar-refractivity contribution is 0.0489. The Labute approximate surface area is 155 Å². The van der Waals surface area contributed by atoms with Crippen LogP contribution in [0.1, 0.15) is 39.2 Å². The Balaban J connectivity index is 1.94. The second-order valence-corrected chi connectivity index (χ2v) is 9.24. The minimum absolute atomic E-state index is 0.102. The smallest absolute Gasteiger partial charge is 0.407 e. The van der Waals surface area contributed by atoms with Crippen molar-refractivity contribution in [2.45, 2.75) is 56.6 Å². The lowest BCUT2D eigenvalue weighted by Crippen LogP contribution is -2.47. The van der Waals surface area contributed by atoms with Crippen molar-refractivity contribution in [2.75, 3.05) is 13.1 Å². The number of alkyl carbamates (subject to hydrolysis) is 1. The van der Waals surface area contributed by atoms with Gasteiger partial charge in [-0.05, 0) is 51.3 Å². The molecule has 0 aromatic heterocycles. The summed E-state index contributed by atoms with van der Waals surface area (Å²) in [6, 6.07) is 8.32. The first-order valence-electron chi connectivity index (χ1n) is 8.57. The fourth-order valence-corrected chi connectivity index (χ4v) is 4.20. The number of sulfonamides is 1. The first-order valence-corrected chi connectivity index (χ1v) is 10.0. The van der Waals surface area contributed by atoms with Crippen LogP contribution in [0.2, 0.25) is 0 Å². The van der Waals surface area contributed by atoms with Crippen molar-refractivity contribution in [1.82, 2.24) is 9.62 Å². The molecule has 0 saturated carbocycles. The minimum atomic E-state index is -3.57. The lowest BCUT2D eigenvalue weighted by Gasteiger charge is -2.32. The van der Waals surface area contributed by atoms with E-state index < -0.39 is 21.7 Å². The Morgan fingerprint density at radius 1 is 1.27 bits per heavy atom. The van der Waals surface area contributed by atoms with Crippen molar-refractivity contribution in [1.29, 1.82) is 5.26 Å². The van der Waals surface area contributed by atoms with Crippen LogP contribution >= 0.6 is 0 Å². The number of piperidine rings is 1. The predicted octanol–water partition coefficient (Wildman–Crippen LogP) is 2.43. The molecule has 1 amide bonds. The molecule has 26 heavy (non-hydrogen) atoms. The summed E-state index contributed by atoms with van der Waals surface area (Å²) in [5, 5.41) is 11.5. The normalized spacial score (nSPS) is 16.7. The number of hydrogen-bond acceptors (Lipinski definition) is 5. The van der Waals surface area contributed by atoms with Gasteiger partial charge in [-0.15, -0.1) is 0 Å². The molecular weight excluding hydrogens is 354 g/mol. The largest absolute Gasteiger partial charge is 0.444 e. The molecule has 2 rings (SSSR count). The van der Waals surface area contributed by atoms with Gasteiger partial charge in [0.05, 0.1) is 17.4 Å². The van der Waals surface area contributed by atoms with E-state index in [0.29, 0.717) is 25.9 Å². The second kappa shape index (κ2) is 8.06. The molecule has 1 aromatic rings. The molecule has 0 unspecified atom stereocenters. The number of carbonyl (C=O) groups is 1. The van der Waals surface area contributed by atoms with Gasteiger partial charge in [0.15, 0.2) is 0 Å². The molecule has 0 aliphatic carbocycles. The molecule has 1 saturated heterocycles. The number of carbonyl (C=O) groups excluding carboxylic acids is 1. The minimum Gasteiger partial charge on any atom is -0.444 e. The number of rotatable bonds is 4. The number of amides is 1. The molecule has 1 aliphatic rings. The number of nitrogens with zero attached hydrogens (tertiary/aromatic N) is 2. The van der Waals surface area contributed by atoms with Crippen molar-refractivity contribution in [3.63, 3.8) is 0 Å². The van der Waals surface area contributed by atoms with Crippen molar-refractivity contribution in [3.8, 4) is 6.07 Å². The molecule has 0 radical (unpaired) electrons. The average Bonchev–Trinajstić information content (AvgIpc) is 2.54. The summed E-state index contributed by atoms with van der Waals surface area (Å²) < 4.78 is 32.1. The van der Waals surface area contributed by atoms with E-state index >= 15 is 0 Å². The van der Waals surface area contributed by atoms with E-state index in [-0.39, 0.29) is 17.4 Å². The molecule has 1 N–H and O–H groups in total. The molecule has 0 bridgehead atoms. The summed E-state index contributed by atoms with van der Waals surface area (Å²) in [6.07, 6.45) is 0.838. The summed E-state index contributed by atoms with van der Waals surface area (Å²) in [4.78, 5) is 12.0. The molecule has 7 nitrogen and oxygen atoms in total. The van der Waals surface area contributed by atoms with Crippen molar-refractivity contribution >= 4 is 16.1 Å². The Morgan fingerprint density at radius 2 is 1.85 bits per heavy atom. The fraction of sp³-hybridized carbons (Fsp3) is 0.556. The van der Waals surface area contributed by atoms with Crippen LogP contribution in [0.3, 0.4) is 0 Å². The van der Waals surface area contributed by atoms with Gasteiger partial charge in [-0.2, -0.15) is 9.57 Å². The molecule has 142 valence electrons. The molecule has 8 heteroatoms. The fourth-order valence-electron chi connectivity index (χ4n) is 2.73. The monoisotopic (exact) mass is 379 g/mol. The van der Waals surface area contributed by atoms with Gasteiger partial charge in [0.2, 0.25) is 10.0 Å². The molecule has 0 atom stereocenters. The Kier molecular flexibility index (Phi) is 6.26. The molecular formula is C18H25N3O4S. The van der Waals surface area contributed by atoms with E-state index in [2.05, 4.69) is 5.32 Å². The number of nitrogens with one attached hydrogen (secondary N) is 1. The van der Waals surface area contributed by atoms with Crippen LogP contribution in [0.25, 0.3) is 0 Å². The molecule has 1 aliphatic heterocycles. The highest BCUT2D eigenvalue weighted by atomic mass is 32.2. The first-order chi connectivity index (χ1) is 12.1. The zero-order valence-electron chi connectivity index (χ0n) is 15.4. The van der Waals surface area contributed by atoms with Crippen LogP contribution in [0.15, 0.2) is 29.2 Å². The van der Waals surface area contributed by atoms with Gasteiger partial charge in [0, 0.05) is 19.1 Å². The third-order valence-corrected chi connectivity index (χ3v) is 5.93. The van der Waals surface area contributed by atoms with E-state index in [0.717, 1.165) is 5.56 Å². The highest BCUT2D eigenvalue weighted by Crippen LogP contribution is 2.21. The molecule has 1 fully saturated rings. The van der Waals surface area contributed by atoms with Crippen LogP contribution in [0.4, 0.5) is 4.79 Å². The van der Waals surface area contributed by atoms with Crippen LogP contribution in [-0.4, -0.2) is 43.5 Å². The highest BCUT2D eigenvalue weighted by molar-refractivity contribution is 7.89. The van der Waals surface area contributed by atoms with Gasteiger partial charge < -0.3 is 10.1 Å². The summed E-state index contributed by atoms with van der Waals surface area (Å²) in [6.45, 7) is 6.06. The predicted molar refractivity (Wildman–Crippen MR) is 96.9 cm³/mol. The summed E-state index contributed by atoms with van der Waals surface area (Å²) in [7, 11) is -3.57. The maximum Gasteiger partial charge on any atom is 0.407 e. The van der Waals surface area contributed by atoms with Crippen LogP contribution in [-0.2, 0) is 21.2 Å². The van der Waals surface area contributed by atoms with Crippen molar-refractivity contribution in [3.05, 3.63) is 29.8 Å². The van der Waals surface area contributed by atoms with Gasteiger partial charge in [-0.25, -0.2) is 13.2 Å². The Hall–Kier alpha value is -2.11. The lowest BCUT2D eigenvalue weighted by atomic mass is 10.1. The SMILES string of the molecule is CC(C)(C)OC(=O)NC1CCN(S(=O)(=O)c2ccc(CC#N)cc2)CC1. The Morgan fingerprint density at radius 3 is 2.35 bits per heavy atom. The number of ether oxygens (including phenoxy) is 1. The van der Waals surface area contributed by atoms with Crippen LogP contribution in [0, 0.1) is 11.3 Å². The van der Waals surface area contributed by atoms with Gasteiger partial charge in [-0.3, -0.25) is 0 Å². The third kappa shape index (κ3) is 5.44. The summed E-state index contributed by atoms with van der Waals surface area (Å²) >= 11 is 0. The zero-order valence-corrected chi connectivity index (χ0v) is 16.2. The summed E-state index contributed by atoms with van der Waals surface area (Å²) in [5.41, 5.74) is 0.220. The van der Waals surface area contributed by atoms with Gasteiger partial charge >= 0.3 is 6.09 Å². The van der Waals surface area contributed by atoms with Crippen molar-refractivity contribution < 1.29 is 17.9 Å². The first kappa shape index (κ1) is 20.2.